The van der Waals surface area contributed by atoms with E-state index in [4.69, 9.17) is 11.6 Å². The smallest absolute Gasteiger partial charge is 0.243 e. The van der Waals surface area contributed by atoms with Crippen molar-refractivity contribution >= 4 is 58.8 Å². The second-order valence-corrected chi connectivity index (χ2v) is 7.16. The summed E-state index contributed by atoms with van der Waals surface area (Å²) < 4.78 is 0. The molecule has 8 heteroatoms. The lowest BCUT2D eigenvalue weighted by atomic mass is 10.1. The van der Waals surface area contributed by atoms with Crippen LogP contribution in [0.1, 0.15) is 10.4 Å². The summed E-state index contributed by atoms with van der Waals surface area (Å²) in [6.07, 6.45) is 0.846. The van der Waals surface area contributed by atoms with Gasteiger partial charge < -0.3 is 15.5 Å². The molecule has 2 rings (SSSR count). The number of amides is 1. The van der Waals surface area contributed by atoms with Gasteiger partial charge in [0.05, 0.1) is 6.54 Å². The number of halogens is 2. The van der Waals surface area contributed by atoms with E-state index in [0.717, 1.165) is 11.4 Å². The highest BCUT2D eigenvalue weighted by Gasteiger charge is 2.05. The van der Waals surface area contributed by atoms with Crippen molar-refractivity contribution in [1.82, 2.24) is 15.5 Å². The molecule has 1 heterocycles. The summed E-state index contributed by atoms with van der Waals surface area (Å²) in [5, 5.41) is 9.32. The molecule has 2 aromatic rings. The molecule has 142 valence electrons. The predicted octanol–water partition coefficient (Wildman–Crippen LogP) is 3.39. The Morgan fingerprint density at radius 2 is 1.92 bits per heavy atom. The van der Waals surface area contributed by atoms with Crippen molar-refractivity contribution in [3.05, 3.63) is 57.2 Å². The van der Waals surface area contributed by atoms with Gasteiger partial charge in [-0.15, -0.1) is 35.3 Å². The van der Waals surface area contributed by atoms with Gasteiger partial charge in [0.15, 0.2) is 5.96 Å². The lowest BCUT2D eigenvalue weighted by Crippen LogP contribution is -2.39. The number of likely N-dealkylation sites (N-methyl/N-ethyl adjacent to an activating group) is 1. The maximum atomic E-state index is 11.8. The molecule has 1 aromatic heterocycles. The summed E-state index contributed by atoms with van der Waals surface area (Å²) in [5.41, 5.74) is 1.19. The summed E-state index contributed by atoms with van der Waals surface area (Å²) in [6.45, 7) is 1.52. The maximum absolute atomic E-state index is 11.8. The molecule has 5 nitrogen and oxygen atoms in total. The molecule has 1 aromatic carbocycles. The maximum Gasteiger partial charge on any atom is 0.243 e. The first kappa shape index (κ1) is 22.7. The molecule has 0 aliphatic carbocycles. The molecule has 26 heavy (non-hydrogen) atoms. The van der Waals surface area contributed by atoms with E-state index >= 15 is 0 Å². The van der Waals surface area contributed by atoms with Crippen LogP contribution >= 0.6 is 46.9 Å². The lowest BCUT2D eigenvalue weighted by Gasteiger charge is -2.13. The van der Waals surface area contributed by atoms with Crippen molar-refractivity contribution in [1.29, 1.82) is 0 Å². The number of aliphatic imine (C=N–C) groups is 1. The number of nitrogens with one attached hydrogen (secondary N) is 2. The molecule has 0 bridgehead atoms. The third kappa shape index (κ3) is 8.37. The lowest BCUT2D eigenvalue weighted by molar-refractivity contribution is -0.127. The number of guanidine groups is 1. The van der Waals surface area contributed by atoms with Crippen LogP contribution in [0.2, 0.25) is 5.02 Å². The Kier molecular flexibility index (Phi) is 10.6. The Balaban J connectivity index is 0.00000338. The van der Waals surface area contributed by atoms with Crippen molar-refractivity contribution in [3.63, 3.8) is 0 Å². The zero-order chi connectivity index (χ0) is 18.1. The number of rotatable bonds is 7. The van der Waals surface area contributed by atoms with Gasteiger partial charge in [-0.1, -0.05) is 29.8 Å². The first-order chi connectivity index (χ1) is 12.0. The van der Waals surface area contributed by atoms with Crippen LogP contribution in [0, 0.1) is 0 Å². The fourth-order valence-electron chi connectivity index (χ4n) is 2.02. The quantitative estimate of drug-likeness (QED) is 0.344. The average molecular weight is 507 g/mol. The van der Waals surface area contributed by atoms with Gasteiger partial charge >= 0.3 is 0 Å². The Morgan fingerprint density at radius 3 is 2.54 bits per heavy atom. The van der Waals surface area contributed by atoms with Crippen LogP contribution in [-0.4, -0.2) is 44.0 Å². The van der Waals surface area contributed by atoms with Gasteiger partial charge in [-0.3, -0.25) is 4.79 Å². The second-order valence-electron chi connectivity index (χ2n) is 5.69. The molecule has 0 saturated heterocycles. The molecule has 0 unspecified atom stereocenters. The molecular formula is C18H24ClIN4OS. The van der Waals surface area contributed by atoms with Gasteiger partial charge in [-0.2, -0.15) is 0 Å². The number of nitrogens with zero attached hydrogens (tertiary/aromatic N) is 2. The number of carbonyl (C=O) groups is 1. The summed E-state index contributed by atoms with van der Waals surface area (Å²) >= 11 is 7.59. The topological polar surface area (TPSA) is 56.7 Å². The van der Waals surface area contributed by atoms with E-state index in [1.807, 2.05) is 35.7 Å². The van der Waals surface area contributed by atoms with Crippen LogP contribution in [0.3, 0.4) is 0 Å². The third-order valence-electron chi connectivity index (χ3n) is 3.50. The zero-order valence-corrected chi connectivity index (χ0v) is 18.8. The van der Waals surface area contributed by atoms with Crippen LogP contribution in [0.5, 0.6) is 0 Å². The summed E-state index contributed by atoms with van der Waals surface area (Å²) in [5.74, 6) is 0.604. The molecule has 1 amide bonds. The van der Waals surface area contributed by atoms with E-state index in [2.05, 4.69) is 21.7 Å². The van der Waals surface area contributed by atoms with E-state index in [1.165, 1.54) is 15.3 Å². The number of carbonyl (C=O) groups excluding carboxylic acids is 1. The van der Waals surface area contributed by atoms with Gasteiger partial charge in [0.2, 0.25) is 5.91 Å². The van der Waals surface area contributed by atoms with Gasteiger partial charge in [0.25, 0.3) is 0 Å². The van der Waals surface area contributed by atoms with Crippen LogP contribution in [0.15, 0.2) is 46.8 Å². The largest absolute Gasteiger partial charge is 0.356 e. The number of benzene rings is 1. The monoisotopic (exact) mass is 506 g/mol. The Labute approximate surface area is 180 Å². The summed E-state index contributed by atoms with van der Waals surface area (Å²) in [4.78, 5) is 18.9. The van der Waals surface area contributed by atoms with Crippen molar-refractivity contribution in [2.45, 2.75) is 13.0 Å². The minimum absolute atomic E-state index is 0. The number of thiophene rings is 1. The first-order valence-corrected chi connectivity index (χ1v) is 9.29. The van der Waals surface area contributed by atoms with Gasteiger partial charge in [0.1, 0.15) is 6.54 Å². The first-order valence-electron chi connectivity index (χ1n) is 8.04. The predicted molar refractivity (Wildman–Crippen MR) is 121 cm³/mol. The third-order valence-corrected chi connectivity index (χ3v) is 4.63. The summed E-state index contributed by atoms with van der Waals surface area (Å²) in [6, 6.07) is 11.9. The Morgan fingerprint density at radius 1 is 1.19 bits per heavy atom. The molecule has 2 N–H and O–H groups in total. The van der Waals surface area contributed by atoms with Crippen molar-refractivity contribution in [3.8, 4) is 0 Å². The minimum atomic E-state index is -0.0325. The standard InChI is InChI=1S/C18H23ClN4OS.HI/c1-23(2)17(24)13-22-18(21-12-16-4-3-11-25-16)20-10-9-14-5-7-15(19)8-6-14;/h3-8,11H,9-10,12-13H2,1-2H3,(H2,20,21,22);1H. The zero-order valence-electron chi connectivity index (χ0n) is 14.9. The molecule has 0 spiro atoms. The SMILES string of the molecule is CN(C)C(=O)CN=C(NCCc1ccc(Cl)cc1)NCc1cccs1.I. The van der Waals surface area contributed by atoms with E-state index in [1.54, 1.807) is 25.4 Å². The highest BCUT2D eigenvalue weighted by atomic mass is 127. The van der Waals surface area contributed by atoms with Gasteiger partial charge in [-0.25, -0.2) is 4.99 Å². The molecule has 0 aliphatic heterocycles. The van der Waals surface area contributed by atoms with E-state index < -0.39 is 0 Å². The van der Waals surface area contributed by atoms with Crippen LogP contribution in [0.4, 0.5) is 0 Å². The highest BCUT2D eigenvalue weighted by Crippen LogP contribution is 2.09. The molecular weight excluding hydrogens is 483 g/mol. The molecule has 0 atom stereocenters. The number of hydrogen-bond donors (Lipinski definition) is 2. The van der Waals surface area contributed by atoms with Crippen LogP contribution in [-0.2, 0) is 17.8 Å². The van der Waals surface area contributed by atoms with Gasteiger partial charge in [-0.05, 0) is 35.6 Å². The van der Waals surface area contributed by atoms with Crippen LogP contribution in [0.25, 0.3) is 0 Å². The summed E-state index contributed by atoms with van der Waals surface area (Å²) in [7, 11) is 3.45. The van der Waals surface area contributed by atoms with E-state index in [9.17, 15) is 4.79 Å². The Bertz CT molecular complexity index is 690. The van der Waals surface area contributed by atoms with Crippen molar-refractivity contribution < 1.29 is 4.79 Å². The molecule has 0 fully saturated rings. The molecule has 0 saturated carbocycles. The van der Waals surface area contributed by atoms with Gasteiger partial charge in [0, 0.05) is 30.5 Å². The normalized spacial score (nSPS) is 10.8. The van der Waals surface area contributed by atoms with E-state index in [0.29, 0.717) is 19.0 Å². The average Bonchev–Trinajstić information content (AvgIpc) is 3.11. The second kappa shape index (κ2) is 12.1. The van der Waals surface area contributed by atoms with Crippen molar-refractivity contribution in [2.75, 3.05) is 27.2 Å². The minimum Gasteiger partial charge on any atom is -0.356 e. The fourth-order valence-corrected chi connectivity index (χ4v) is 2.79. The van der Waals surface area contributed by atoms with E-state index in [-0.39, 0.29) is 36.4 Å². The number of hydrogen-bond acceptors (Lipinski definition) is 3. The molecule has 0 aliphatic rings. The Hall–Kier alpha value is -1.32. The fraction of sp³-hybridized carbons (Fsp3) is 0.333. The highest BCUT2D eigenvalue weighted by molar-refractivity contribution is 14.0. The molecule has 0 radical (unpaired) electrons. The van der Waals surface area contributed by atoms with Crippen LogP contribution < -0.4 is 10.6 Å². The van der Waals surface area contributed by atoms with Crippen molar-refractivity contribution in [2.24, 2.45) is 4.99 Å².